The molecular formula is C12H16N5S+. The van der Waals surface area contributed by atoms with Crippen LogP contribution in [0.25, 0.3) is 0 Å². The van der Waals surface area contributed by atoms with Crippen molar-refractivity contribution >= 4 is 22.4 Å². The largest absolute Gasteiger partial charge is 0.378 e. The molecule has 0 fully saturated rings. The maximum absolute atomic E-state index is 4.18. The number of benzene rings is 1. The lowest BCUT2D eigenvalue weighted by atomic mass is 10.2. The van der Waals surface area contributed by atoms with E-state index in [1.807, 2.05) is 25.7 Å². The maximum Gasteiger partial charge on any atom is 0.377 e. The van der Waals surface area contributed by atoms with E-state index < -0.39 is 0 Å². The van der Waals surface area contributed by atoms with Crippen LogP contribution in [0.1, 0.15) is 5.56 Å². The Hall–Kier alpha value is -1.82. The highest BCUT2D eigenvalue weighted by Crippen LogP contribution is 2.14. The molecular weight excluding hydrogens is 246 g/mol. The summed E-state index contributed by atoms with van der Waals surface area (Å²) in [5, 5.41) is 9.14. The van der Waals surface area contributed by atoms with E-state index in [-0.39, 0.29) is 0 Å². The summed E-state index contributed by atoms with van der Waals surface area (Å²) in [5.41, 5.74) is 2.33. The molecule has 0 spiro atoms. The number of azo groups is 1. The number of nitrogens with zero attached hydrogens (tertiary/aromatic N) is 5. The third-order valence-electron chi connectivity index (χ3n) is 2.52. The van der Waals surface area contributed by atoms with Gasteiger partial charge in [-0.05, 0) is 22.1 Å². The maximum atomic E-state index is 4.18. The predicted molar refractivity (Wildman–Crippen MR) is 72.3 cm³/mol. The third kappa shape index (κ3) is 3.10. The Kier molecular flexibility index (Phi) is 3.99. The van der Waals surface area contributed by atoms with E-state index in [2.05, 4.69) is 43.8 Å². The molecule has 94 valence electrons. The second-order valence-electron chi connectivity index (χ2n) is 4.17. The van der Waals surface area contributed by atoms with Crippen LogP contribution in [-0.4, -0.2) is 18.5 Å². The zero-order valence-electron chi connectivity index (χ0n) is 10.7. The fraction of sp³-hybridized carbons (Fsp3) is 0.333. The molecule has 1 aromatic heterocycles. The van der Waals surface area contributed by atoms with E-state index in [0.29, 0.717) is 6.54 Å². The predicted octanol–water partition coefficient (Wildman–Crippen LogP) is 2.32. The van der Waals surface area contributed by atoms with Crippen molar-refractivity contribution in [1.29, 1.82) is 0 Å². The highest BCUT2D eigenvalue weighted by molar-refractivity contribution is 7.08. The van der Waals surface area contributed by atoms with Gasteiger partial charge in [0.1, 0.15) is 18.1 Å². The fourth-order valence-corrected chi connectivity index (χ4v) is 1.97. The molecule has 0 unspecified atom stereocenters. The van der Waals surface area contributed by atoms with E-state index in [0.717, 1.165) is 10.7 Å². The zero-order chi connectivity index (χ0) is 13.0. The van der Waals surface area contributed by atoms with Crippen LogP contribution < -0.4 is 9.47 Å². The van der Waals surface area contributed by atoms with E-state index in [1.54, 1.807) is 6.33 Å². The first-order valence-corrected chi connectivity index (χ1v) is 6.38. The lowest BCUT2D eigenvalue weighted by molar-refractivity contribution is -0.656. The van der Waals surface area contributed by atoms with Crippen molar-refractivity contribution < 1.29 is 4.57 Å². The van der Waals surface area contributed by atoms with E-state index >= 15 is 0 Å². The Labute approximate surface area is 111 Å². The number of aromatic nitrogens is 2. The van der Waals surface area contributed by atoms with Gasteiger partial charge in [0.25, 0.3) is 0 Å². The van der Waals surface area contributed by atoms with E-state index in [4.69, 9.17) is 0 Å². The topological polar surface area (TPSA) is 44.7 Å². The van der Waals surface area contributed by atoms with Gasteiger partial charge >= 0.3 is 5.13 Å². The Morgan fingerprint density at radius 1 is 1.28 bits per heavy atom. The minimum absolute atomic E-state index is 0.589. The molecule has 6 heteroatoms. The number of hydrogen-bond acceptors (Lipinski definition) is 5. The Morgan fingerprint density at radius 2 is 2.00 bits per heavy atom. The van der Waals surface area contributed by atoms with Crippen LogP contribution in [0.3, 0.4) is 0 Å². The molecule has 18 heavy (non-hydrogen) atoms. The summed E-state index contributed by atoms with van der Waals surface area (Å²) in [6, 6.07) is 8.30. The smallest absolute Gasteiger partial charge is 0.377 e. The van der Waals surface area contributed by atoms with Crippen LogP contribution in [0.4, 0.5) is 10.8 Å². The number of hydrogen-bond donors (Lipinski definition) is 0. The van der Waals surface area contributed by atoms with Gasteiger partial charge in [0.2, 0.25) is 6.33 Å². The molecule has 0 aliphatic carbocycles. The molecule has 0 aliphatic heterocycles. The Balaban J connectivity index is 1.98. The van der Waals surface area contributed by atoms with Gasteiger partial charge < -0.3 is 4.90 Å². The molecule has 0 bridgehead atoms. The van der Waals surface area contributed by atoms with Crippen LogP contribution in [0, 0.1) is 0 Å². The minimum Gasteiger partial charge on any atom is -0.378 e. The lowest BCUT2D eigenvalue weighted by Gasteiger charge is -2.11. The molecule has 1 heterocycles. The van der Waals surface area contributed by atoms with Gasteiger partial charge in [0, 0.05) is 24.9 Å². The summed E-state index contributed by atoms with van der Waals surface area (Å²) in [6.07, 6.45) is 1.73. The Bertz CT molecular complexity index is 530. The van der Waals surface area contributed by atoms with Crippen LogP contribution in [0.2, 0.25) is 0 Å². The fourth-order valence-electron chi connectivity index (χ4n) is 1.42. The third-order valence-corrected chi connectivity index (χ3v) is 3.25. The lowest BCUT2D eigenvalue weighted by Crippen LogP contribution is -2.23. The van der Waals surface area contributed by atoms with Crippen molar-refractivity contribution in [2.75, 3.05) is 19.0 Å². The first kappa shape index (κ1) is 12.6. The van der Waals surface area contributed by atoms with E-state index in [9.17, 15) is 0 Å². The zero-order valence-corrected chi connectivity index (χ0v) is 11.6. The summed E-state index contributed by atoms with van der Waals surface area (Å²) >= 11 is 1.34. The molecule has 2 rings (SSSR count). The van der Waals surface area contributed by atoms with Gasteiger partial charge in [0.15, 0.2) is 0 Å². The monoisotopic (exact) mass is 262 g/mol. The van der Waals surface area contributed by atoms with Crippen molar-refractivity contribution in [3.05, 3.63) is 36.2 Å². The van der Waals surface area contributed by atoms with Crippen molar-refractivity contribution in [2.24, 2.45) is 17.3 Å². The van der Waals surface area contributed by atoms with Gasteiger partial charge in [0.05, 0.1) is 7.05 Å². The number of rotatable bonds is 4. The van der Waals surface area contributed by atoms with Gasteiger partial charge in [-0.15, -0.1) is 5.11 Å². The SMILES string of the molecule is CN(C)c1ccc(CN=Nc2snc[n+]2C)cc1. The second-order valence-corrected chi connectivity index (χ2v) is 4.92. The second kappa shape index (κ2) is 5.68. The van der Waals surface area contributed by atoms with Gasteiger partial charge in [-0.1, -0.05) is 12.1 Å². The van der Waals surface area contributed by atoms with Gasteiger partial charge in [-0.25, -0.2) is 4.57 Å². The highest BCUT2D eigenvalue weighted by atomic mass is 32.1. The number of anilines is 1. The summed E-state index contributed by atoms with van der Waals surface area (Å²) in [5.74, 6) is 0. The quantitative estimate of drug-likeness (QED) is 0.627. The molecule has 0 saturated heterocycles. The normalized spacial score (nSPS) is 11.1. The van der Waals surface area contributed by atoms with Crippen molar-refractivity contribution in [2.45, 2.75) is 6.54 Å². The molecule has 0 aliphatic rings. The summed E-state index contributed by atoms with van der Waals surface area (Å²) in [4.78, 5) is 2.07. The first-order chi connectivity index (χ1) is 8.66. The molecule has 0 N–H and O–H groups in total. The molecule has 0 amide bonds. The Morgan fingerprint density at radius 3 is 2.56 bits per heavy atom. The molecule has 2 aromatic rings. The van der Waals surface area contributed by atoms with Crippen LogP contribution in [0.5, 0.6) is 0 Å². The average molecular weight is 262 g/mol. The first-order valence-electron chi connectivity index (χ1n) is 5.61. The highest BCUT2D eigenvalue weighted by Gasteiger charge is 2.06. The minimum atomic E-state index is 0.589. The van der Waals surface area contributed by atoms with Gasteiger partial charge in [-0.3, -0.25) is 0 Å². The standard InChI is InChI=1S/C12H16N5S/c1-16(2)11-6-4-10(5-7-11)8-13-15-12-17(3)9-14-18-12/h4-7,9H,8H2,1-3H3/q+1. The molecule has 1 aromatic carbocycles. The summed E-state index contributed by atoms with van der Waals surface area (Å²) < 4.78 is 5.87. The van der Waals surface area contributed by atoms with Crippen LogP contribution in [0.15, 0.2) is 40.8 Å². The summed E-state index contributed by atoms with van der Waals surface area (Å²) in [6.45, 7) is 0.589. The average Bonchev–Trinajstić information content (AvgIpc) is 2.76. The van der Waals surface area contributed by atoms with Crippen molar-refractivity contribution in [3.8, 4) is 0 Å². The number of aryl methyl sites for hydroxylation is 1. The van der Waals surface area contributed by atoms with Crippen LogP contribution >= 0.6 is 11.5 Å². The molecule has 0 radical (unpaired) electrons. The van der Waals surface area contributed by atoms with Crippen LogP contribution in [-0.2, 0) is 13.6 Å². The van der Waals surface area contributed by atoms with Crippen molar-refractivity contribution in [3.63, 3.8) is 0 Å². The molecule has 5 nitrogen and oxygen atoms in total. The summed E-state index contributed by atoms with van der Waals surface area (Å²) in [7, 11) is 5.96. The van der Waals surface area contributed by atoms with E-state index in [1.165, 1.54) is 17.2 Å². The van der Waals surface area contributed by atoms with Crippen molar-refractivity contribution in [1.82, 2.24) is 4.37 Å². The molecule has 0 atom stereocenters. The molecule has 0 saturated carbocycles. The van der Waals surface area contributed by atoms with Gasteiger partial charge in [-0.2, -0.15) is 0 Å².